The van der Waals surface area contributed by atoms with Crippen LogP contribution in [0.2, 0.25) is 0 Å². The number of nitrogens with zero attached hydrogens (tertiary/aromatic N) is 1. The minimum absolute atomic E-state index is 1.18. The summed E-state index contributed by atoms with van der Waals surface area (Å²) in [5.41, 5.74) is 11.2. The largest absolute Gasteiger partial charge is 0.309 e. The molecule has 9 aromatic rings. The predicted octanol–water partition coefficient (Wildman–Crippen LogP) is 12.6. The lowest BCUT2D eigenvalue weighted by molar-refractivity contribution is 1.18. The first-order valence-corrected chi connectivity index (χ1v) is 16.6. The Balaban J connectivity index is 1.14. The average Bonchev–Trinajstić information content (AvgIpc) is 3.44. The highest BCUT2D eigenvalue weighted by Crippen LogP contribution is 2.49. The van der Waals surface area contributed by atoms with Gasteiger partial charge in [-0.3, -0.25) is 0 Å². The van der Waals surface area contributed by atoms with E-state index >= 15 is 0 Å². The Bertz CT molecular complexity index is 2660. The molecule has 2 heterocycles. The molecule has 46 heavy (non-hydrogen) atoms. The number of para-hydroxylation sites is 2. The summed E-state index contributed by atoms with van der Waals surface area (Å²) in [5, 5.41) is 7.74. The van der Waals surface area contributed by atoms with Crippen molar-refractivity contribution in [1.82, 2.24) is 4.57 Å². The Morgan fingerprint density at radius 1 is 0.370 bits per heavy atom. The maximum atomic E-state index is 2.40. The molecule has 0 atom stereocenters. The molecule has 0 radical (unpaired) electrons. The molecule has 1 aliphatic heterocycles. The monoisotopic (exact) mass is 601 g/mol. The van der Waals surface area contributed by atoms with Crippen LogP contribution in [0.3, 0.4) is 0 Å². The number of aromatic nitrogens is 1. The highest BCUT2D eigenvalue weighted by Gasteiger charge is 2.20. The molecule has 1 aliphatic rings. The van der Waals surface area contributed by atoms with Gasteiger partial charge in [-0.05, 0) is 104 Å². The van der Waals surface area contributed by atoms with Crippen molar-refractivity contribution in [3.05, 3.63) is 164 Å². The van der Waals surface area contributed by atoms with Crippen LogP contribution >= 0.6 is 11.8 Å². The summed E-state index contributed by atoms with van der Waals surface area (Å²) in [6.07, 6.45) is 0. The van der Waals surface area contributed by atoms with E-state index in [2.05, 4.69) is 168 Å². The van der Waals surface area contributed by atoms with Gasteiger partial charge >= 0.3 is 0 Å². The van der Waals surface area contributed by atoms with Crippen molar-refractivity contribution in [2.45, 2.75) is 9.79 Å². The second kappa shape index (κ2) is 9.97. The van der Waals surface area contributed by atoms with Crippen LogP contribution < -0.4 is 0 Å². The Morgan fingerprint density at radius 2 is 1.11 bits per heavy atom. The van der Waals surface area contributed by atoms with E-state index in [4.69, 9.17) is 0 Å². The van der Waals surface area contributed by atoms with E-state index in [9.17, 15) is 0 Å². The van der Waals surface area contributed by atoms with Crippen molar-refractivity contribution < 1.29 is 0 Å². The quantitative estimate of drug-likeness (QED) is 0.195. The summed E-state index contributed by atoms with van der Waals surface area (Å²) in [5.74, 6) is 0. The summed E-state index contributed by atoms with van der Waals surface area (Å²) in [6.45, 7) is 0. The number of fused-ring (bicyclic) bond motifs is 6. The van der Waals surface area contributed by atoms with E-state index in [0.717, 1.165) is 0 Å². The second-order valence-corrected chi connectivity index (χ2v) is 13.2. The van der Waals surface area contributed by atoms with Crippen molar-refractivity contribution in [1.29, 1.82) is 0 Å². The molecule has 10 rings (SSSR count). The lowest BCUT2D eigenvalue weighted by atomic mass is 9.92. The third kappa shape index (κ3) is 3.84. The smallest absolute Gasteiger partial charge is 0.0547 e. The highest BCUT2D eigenvalue weighted by atomic mass is 32.2. The second-order valence-electron chi connectivity index (χ2n) is 12.1. The van der Waals surface area contributed by atoms with Gasteiger partial charge in [0.15, 0.2) is 0 Å². The van der Waals surface area contributed by atoms with Crippen molar-refractivity contribution in [3.63, 3.8) is 0 Å². The first-order valence-electron chi connectivity index (χ1n) is 15.8. The van der Waals surface area contributed by atoms with Gasteiger partial charge in [0.2, 0.25) is 0 Å². The Hall–Kier alpha value is -5.57. The molecule has 0 aliphatic carbocycles. The zero-order valence-electron chi connectivity index (χ0n) is 24.9. The van der Waals surface area contributed by atoms with Crippen LogP contribution in [0.1, 0.15) is 0 Å². The summed E-state index contributed by atoms with van der Waals surface area (Å²) in [4.78, 5) is 2.66. The molecule has 2 heteroatoms. The van der Waals surface area contributed by atoms with Gasteiger partial charge in [-0.2, -0.15) is 0 Å². The Kier molecular flexibility index (Phi) is 5.58. The van der Waals surface area contributed by atoms with Gasteiger partial charge in [0.25, 0.3) is 0 Å². The normalized spacial score (nSPS) is 12.3. The lowest BCUT2D eigenvalue weighted by Crippen LogP contribution is -1.94. The van der Waals surface area contributed by atoms with E-state index in [1.165, 1.54) is 92.2 Å². The van der Waals surface area contributed by atoms with Crippen molar-refractivity contribution in [2.24, 2.45) is 0 Å². The SMILES string of the molecule is c1ccc(-n2c3ccccc3c3cc4cccc(-c5cccc(-c6ccc7c(c6)-c6cccc8cccc(c68)S7)c5)c4cc32)cc1. The van der Waals surface area contributed by atoms with Crippen LogP contribution in [0.15, 0.2) is 174 Å². The fourth-order valence-electron chi connectivity index (χ4n) is 7.46. The predicted molar refractivity (Wildman–Crippen MR) is 196 cm³/mol. The first kappa shape index (κ1) is 25.7. The highest BCUT2D eigenvalue weighted by molar-refractivity contribution is 7.99. The van der Waals surface area contributed by atoms with Crippen molar-refractivity contribution >= 4 is 55.1 Å². The summed E-state index contributed by atoms with van der Waals surface area (Å²) < 4.78 is 2.40. The molecule has 0 amide bonds. The maximum absolute atomic E-state index is 2.40. The van der Waals surface area contributed by atoms with Gasteiger partial charge in [-0.25, -0.2) is 0 Å². The van der Waals surface area contributed by atoms with Gasteiger partial charge in [0.05, 0.1) is 11.0 Å². The maximum Gasteiger partial charge on any atom is 0.0547 e. The molecule has 0 N–H and O–H groups in total. The Labute approximate surface area is 271 Å². The van der Waals surface area contributed by atoms with E-state index in [0.29, 0.717) is 0 Å². The number of hydrogen-bond donors (Lipinski definition) is 0. The zero-order valence-corrected chi connectivity index (χ0v) is 25.8. The average molecular weight is 602 g/mol. The molecule has 1 nitrogen and oxygen atoms in total. The van der Waals surface area contributed by atoms with Gasteiger partial charge in [0, 0.05) is 31.6 Å². The number of rotatable bonds is 3. The van der Waals surface area contributed by atoms with Gasteiger partial charge in [0.1, 0.15) is 0 Å². The first-order chi connectivity index (χ1) is 22.8. The molecule has 0 unspecified atom stereocenters. The van der Waals surface area contributed by atoms with Crippen LogP contribution in [0.4, 0.5) is 0 Å². The number of hydrogen-bond acceptors (Lipinski definition) is 1. The molecule has 214 valence electrons. The van der Waals surface area contributed by atoms with Gasteiger partial charge < -0.3 is 4.57 Å². The molecule has 0 saturated heterocycles. The minimum Gasteiger partial charge on any atom is -0.309 e. The molecular weight excluding hydrogens is 575 g/mol. The molecule has 1 aromatic heterocycles. The van der Waals surface area contributed by atoms with Crippen LogP contribution in [-0.2, 0) is 0 Å². The molecule has 0 fully saturated rings. The Morgan fingerprint density at radius 3 is 2.02 bits per heavy atom. The van der Waals surface area contributed by atoms with E-state index in [1.807, 2.05) is 11.8 Å². The number of benzene rings is 8. The summed E-state index contributed by atoms with van der Waals surface area (Å²) in [6, 6.07) is 60.3. The molecular formula is C44H27NS. The third-order valence-electron chi connectivity index (χ3n) is 9.55. The van der Waals surface area contributed by atoms with E-state index < -0.39 is 0 Å². The fourth-order valence-corrected chi connectivity index (χ4v) is 8.59. The van der Waals surface area contributed by atoms with Crippen LogP contribution in [0.5, 0.6) is 0 Å². The van der Waals surface area contributed by atoms with Crippen LogP contribution in [0.25, 0.3) is 82.4 Å². The van der Waals surface area contributed by atoms with Crippen molar-refractivity contribution in [2.75, 3.05) is 0 Å². The summed E-state index contributed by atoms with van der Waals surface area (Å²) in [7, 11) is 0. The summed E-state index contributed by atoms with van der Waals surface area (Å²) >= 11 is 1.88. The van der Waals surface area contributed by atoms with Gasteiger partial charge in [-0.15, -0.1) is 0 Å². The van der Waals surface area contributed by atoms with Crippen molar-refractivity contribution in [3.8, 4) is 39.1 Å². The van der Waals surface area contributed by atoms with Gasteiger partial charge in [-0.1, -0.05) is 121 Å². The third-order valence-corrected chi connectivity index (χ3v) is 10.7. The molecule has 0 spiro atoms. The molecule has 0 saturated carbocycles. The van der Waals surface area contributed by atoms with Crippen LogP contribution in [-0.4, -0.2) is 4.57 Å². The molecule has 8 aromatic carbocycles. The zero-order chi connectivity index (χ0) is 30.2. The van der Waals surface area contributed by atoms with Crippen LogP contribution in [0, 0.1) is 0 Å². The van der Waals surface area contributed by atoms with E-state index in [1.54, 1.807) is 0 Å². The minimum atomic E-state index is 1.18. The lowest BCUT2D eigenvalue weighted by Gasteiger charge is -2.21. The topological polar surface area (TPSA) is 4.93 Å². The molecule has 0 bridgehead atoms. The standard InChI is InChI=1S/C44H27NS/c1-2-15-33(16-3-1)45-40-20-5-4-17-35(40)38-26-32-14-8-18-34(37(32)27-41(38)45)31-13-6-12-29(24-31)30-22-23-42-39(25-30)36-19-7-10-28-11-9-21-43(46-42)44(28)36/h1-27H. The van der Waals surface area contributed by atoms with E-state index in [-0.39, 0.29) is 0 Å². The fraction of sp³-hybridized carbons (Fsp3) is 0.